The first kappa shape index (κ1) is 12.1. The van der Waals surface area contributed by atoms with E-state index in [9.17, 15) is 4.79 Å². The largest absolute Gasteiger partial charge is 0.469 e. The number of hydrogen-bond acceptors (Lipinski definition) is 3. The summed E-state index contributed by atoms with van der Waals surface area (Å²) in [6.45, 7) is 3.01. The average Bonchev–Trinajstić information content (AvgIpc) is 2.16. The van der Waals surface area contributed by atoms with Crippen molar-refractivity contribution in [1.82, 2.24) is 0 Å². The SMILES string of the molecule is CCCCCCN=CCC(=O)OC. The highest BCUT2D eigenvalue weighted by Gasteiger charge is 1.93. The van der Waals surface area contributed by atoms with Crippen LogP contribution < -0.4 is 0 Å². The molecule has 0 N–H and O–H groups in total. The molecule has 0 aliphatic heterocycles. The minimum absolute atomic E-state index is 0.225. The Kier molecular flexibility index (Phi) is 8.62. The van der Waals surface area contributed by atoms with E-state index in [0.29, 0.717) is 6.42 Å². The van der Waals surface area contributed by atoms with Crippen LogP contribution in [0.5, 0.6) is 0 Å². The second kappa shape index (κ2) is 9.23. The van der Waals surface area contributed by atoms with Crippen LogP contribution in [-0.2, 0) is 9.53 Å². The second-order valence-corrected chi connectivity index (χ2v) is 2.93. The highest BCUT2D eigenvalue weighted by atomic mass is 16.5. The summed E-state index contributed by atoms with van der Waals surface area (Å²) < 4.78 is 4.47. The molecule has 0 bridgehead atoms. The Labute approximate surface area is 80.2 Å². The van der Waals surface area contributed by atoms with E-state index in [1.165, 1.54) is 26.4 Å². The van der Waals surface area contributed by atoms with Gasteiger partial charge in [0.25, 0.3) is 0 Å². The molecule has 0 aliphatic rings. The van der Waals surface area contributed by atoms with E-state index >= 15 is 0 Å². The van der Waals surface area contributed by atoms with Gasteiger partial charge in [0, 0.05) is 12.8 Å². The van der Waals surface area contributed by atoms with E-state index in [0.717, 1.165) is 13.0 Å². The van der Waals surface area contributed by atoms with Crippen molar-refractivity contribution in [3.05, 3.63) is 0 Å². The first-order valence-electron chi connectivity index (χ1n) is 4.86. The zero-order valence-electron chi connectivity index (χ0n) is 8.58. The summed E-state index contributed by atoms with van der Waals surface area (Å²) in [5.74, 6) is -0.225. The number of methoxy groups -OCH3 is 1. The van der Waals surface area contributed by atoms with Crippen LogP contribution >= 0.6 is 0 Å². The van der Waals surface area contributed by atoms with Gasteiger partial charge in [-0.15, -0.1) is 0 Å². The molecule has 0 heterocycles. The Morgan fingerprint density at radius 3 is 2.77 bits per heavy atom. The molecule has 0 aromatic heterocycles. The Hall–Kier alpha value is -0.860. The van der Waals surface area contributed by atoms with Gasteiger partial charge in [-0.05, 0) is 6.42 Å². The number of esters is 1. The number of rotatable bonds is 7. The van der Waals surface area contributed by atoms with Gasteiger partial charge in [0.15, 0.2) is 0 Å². The molecule has 0 aliphatic carbocycles. The molecule has 0 rings (SSSR count). The lowest BCUT2D eigenvalue weighted by Gasteiger charge is -1.94. The maximum absolute atomic E-state index is 10.6. The van der Waals surface area contributed by atoms with Crippen LogP contribution in [0.15, 0.2) is 4.99 Å². The maximum Gasteiger partial charge on any atom is 0.310 e. The summed E-state index contributed by atoms with van der Waals surface area (Å²) in [6.07, 6.45) is 6.79. The lowest BCUT2D eigenvalue weighted by Crippen LogP contribution is -2.00. The minimum Gasteiger partial charge on any atom is -0.469 e. The molecular weight excluding hydrogens is 166 g/mol. The number of aliphatic imine (C=N–C) groups is 1. The fourth-order valence-corrected chi connectivity index (χ4v) is 0.944. The van der Waals surface area contributed by atoms with Crippen LogP contribution in [0.25, 0.3) is 0 Å². The van der Waals surface area contributed by atoms with Gasteiger partial charge >= 0.3 is 5.97 Å². The Bertz CT molecular complexity index is 155. The Morgan fingerprint density at radius 1 is 1.38 bits per heavy atom. The predicted octanol–water partition coefficient (Wildman–Crippen LogP) is 2.20. The molecule has 0 spiro atoms. The van der Waals surface area contributed by atoms with Crippen LogP contribution in [-0.4, -0.2) is 25.8 Å². The molecule has 76 valence electrons. The second-order valence-electron chi connectivity index (χ2n) is 2.93. The van der Waals surface area contributed by atoms with Crippen LogP contribution in [0.4, 0.5) is 0 Å². The molecule has 0 aromatic rings. The van der Waals surface area contributed by atoms with Gasteiger partial charge in [0.1, 0.15) is 0 Å². The molecule has 0 atom stereocenters. The fraction of sp³-hybridized carbons (Fsp3) is 0.800. The van der Waals surface area contributed by atoms with Crippen LogP contribution in [0.3, 0.4) is 0 Å². The highest BCUT2D eigenvalue weighted by molar-refractivity contribution is 5.85. The van der Waals surface area contributed by atoms with Crippen molar-refractivity contribution in [3.8, 4) is 0 Å². The molecule has 0 unspecified atom stereocenters. The zero-order chi connectivity index (χ0) is 9.94. The lowest BCUT2D eigenvalue weighted by atomic mass is 10.2. The number of unbranched alkanes of at least 4 members (excludes halogenated alkanes) is 3. The van der Waals surface area contributed by atoms with E-state index in [1.54, 1.807) is 6.21 Å². The summed E-state index contributed by atoms with van der Waals surface area (Å²) in [5, 5.41) is 0. The first-order chi connectivity index (χ1) is 6.31. The molecule has 0 saturated carbocycles. The van der Waals surface area contributed by atoms with E-state index in [2.05, 4.69) is 16.7 Å². The molecule has 0 amide bonds. The third-order valence-electron chi connectivity index (χ3n) is 1.76. The molecule has 3 nitrogen and oxygen atoms in total. The molecule has 13 heavy (non-hydrogen) atoms. The quantitative estimate of drug-likeness (QED) is 0.346. The summed E-state index contributed by atoms with van der Waals surface area (Å²) in [5.41, 5.74) is 0. The van der Waals surface area contributed by atoms with Crippen molar-refractivity contribution in [2.45, 2.75) is 39.0 Å². The molecule has 0 radical (unpaired) electrons. The van der Waals surface area contributed by atoms with Gasteiger partial charge < -0.3 is 4.74 Å². The predicted molar refractivity (Wildman–Crippen MR) is 54.1 cm³/mol. The van der Waals surface area contributed by atoms with Crippen molar-refractivity contribution >= 4 is 12.2 Å². The topological polar surface area (TPSA) is 38.7 Å². The monoisotopic (exact) mass is 185 g/mol. The zero-order valence-corrected chi connectivity index (χ0v) is 8.58. The fourth-order valence-electron chi connectivity index (χ4n) is 0.944. The van der Waals surface area contributed by atoms with Crippen molar-refractivity contribution in [1.29, 1.82) is 0 Å². The van der Waals surface area contributed by atoms with E-state index in [-0.39, 0.29) is 5.97 Å². The standard InChI is InChI=1S/C10H19NO2/c1-3-4-5-6-8-11-9-7-10(12)13-2/h9H,3-8H2,1-2H3. The Balaban J connectivity index is 3.17. The van der Waals surface area contributed by atoms with Crippen LogP contribution in [0.2, 0.25) is 0 Å². The summed E-state index contributed by atoms with van der Waals surface area (Å²) in [7, 11) is 1.39. The van der Waals surface area contributed by atoms with Crippen LogP contribution in [0.1, 0.15) is 39.0 Å². The van der Waals surface area contributed by atoms with Gasteiger partial charge in [-0.25, -0.2) is 0 Å². The molecule has 0 fully saturated rings. The summed E-state index contributed by atoms with van der Waals surface area (Å²) in [6, 6.07) is 0. The average molecular weight is 185 g/mol. The van der Waals surface area contributed by atoms with E-state index in [1.807, 2.05) is 0 Å². The lowest BCUT2D eigenvalue weighted by molar-refractivity contribution is -0.139. The van der Waals surface area contributed by atoms with Gasteiger partial charge in [0.05, 0.1) is 13.5 Å². The third-order valence-corrected chi connectivity index (χ3v) is 1.76. The smallest absolute Gasteiger partial charge is 0.310 e. The minimum atomic E-state index is -0.225. The summed E-state index contributed by atoms with van der Waals surface area (Å²) in [4.78, 5) is 14.7. The van der Waals surface area contributed by atoms with Gasteiger partial charge in [-0.3, -0.25) is 9.79 Å². The number of carbonyl (C=O) groups excluding carboxylic acids is 1. The van der Waals surface area contributed by atoms with Gasteiger partial charge in [0.2, 0.25) is 0 Å². The van der Waals surface area contributed by atoms with Crippen LogP contribution in [0, 0.1) is 0 Å². The molecule has 0 saturated heterocycles. The number of hydrogen-bond donors (Lipinski definition) is 0. The van der Waals surface area contributed by atoms with Crippen molar-refractivity contribution in [2.75, 3.05) is 13.7 Å². The molecule has 3 heteroatoms. The molecule has 0 aromatic carbocycles. The van der Waals surface area contributed by atoms with E-state index in [4.69, 9.17) is 0 Å². The van der Waals surface area contributed by atoms with Crippen molar-refractivity contribution in [3.63, 3.8) is 0 Å². The maximum atomic E-state index is 10.6. The van der Waals surface area contributed by atoms with Crippen molar-refractivity contribution in [2.24, 2.45) is 4.99 Å². The number of nitrogens with zero attached hydrogens (tertiary/aromatic N) is 1. The normalized spacial score (nSPS) is 10.6. The highest BCUT2D eigenvalue weighted by Crippen LogP contribution is 1.98. The summed E-state index contributed by atoms with van der Waals surface area (Å²) >= 11 is 0. The number of carbonyl (C=O) groups is 1. The van der Waals surface area contributed by atoms with E-state index < -0.39 is 0 Å². The third kappa shape index (κ3) is 9.05. The Morgan fingerprint density at radius 2 is 2.15 bits per heavy atom. The number of ether oxygens (including phenoxy) is 1. The molecular formula is C10H19NO2. The first-order valence-corrected chi connectivity index (χ1v) is 4.86. The van der Waals surface area contributed by atoms with Gasteiger partial charge in [-0.1, -0.05) is 26.2 Å². The van der Waals surface area contributed by atoms with Crippen molar-refractivity contribution < 1.29 is 9.53 Å². The van der Waals surface area contributed by atoms with Gasteiger partial charge in [-0.2, -0.15) is 0 Å².